The van der Waals surface area contributed by atoms with E-state index in [9.17, 15) is 0 Å². The van der Waals surface area contributed by atoms with Crippen LogP contribution in [0.1, 0.15) is 2.85 Å². The van der Waals surface area contributed by atoms with E-state index in [-0.39, 0.29) is 87.2 Å². The molecule has 0 spiro atoms. The minimum absolute atomic E-state index is 0. The van der Waals surface area contributed by atoms with Crippen LogP contribution in [0.2, 0.25) is 0 Å². The van der Waals surface area contributed by atoms with Gasteiger partial charge in [-0.1, -0.05) is 0 Å². The molecule has 0 aliphatic rings. The van der Waals surface area contributed by atoms with Gasteiger partial charge in [-0.3, -0.25) is 0 Å². The van der Waals surface area contributed by atoms with Gasteiger partial charge in [0.25, 0.3) is 0 Å². The summed E-state index contributed by atoms with van der Waals surface area (Å²) < 4.78 is 0. The molecule has 0 atom stereocenters. The summed E-state index contributed by atoms with van der Waals surface area (Å²) in [7, 11) is 0. The molecule has 0 nitrogen and oxygen atoms in total. The van der Waals surface area contributed by atoms with Crippen molar-refractivity contribution in [3.05, 3.63) is 0 Å². The summed E-state index contributed by atoms with van der Waals surface area (Å²) in [6, 6.07) is 0. The maximum absolute atomic E-state index is 0. The summed E-state index contributed by atoms with van der Waals surface area (Å²) in [5.74, 6) is 0. The molecule has 0 bridgehead atoms. The van der Waals surface area contributed by atoms with Gasteiger partial charge in [-0.15, -0.1) is 0 Å². The molecule has 0 unspecified atom stereocenters. The third-order valence-electron chi connectivity index (χ3n) is 0. The largest absolute Gasteiger partial charge is 2.00 e. The van der Waals surface area contributed by atoms with E-state index in [1.54, 1.807) is 0 Å². The Bertz CT molecular complexity index is 11.5. The average Bonchev–Trinajstić information content (AvgIpc) is 0. The zero-order valence-electron chi connectivity index (χ0n) is 3.92. The zero-order chi connectivity index (χ0) is 0. The Morgan fingerprint density at radius 2 is 1.00 bits per heavy atom. The fraction of sp³-hybridized carbons (Fsp3) is 0. The van der Waals surface area contributed by atoms with Crippen LogP contribution in [0.5, 0.6) is 0 Å². The second kappa shape index (κ2) is 17.2. The van der Waals surface area contributed by atoms with Crippen molar-refractivity contribution >= 4 is 23.1 Å². The van der Waals surface area contributed by atoms with Gasteiger partial charge in [-0.05, 0) is 0 Å². The van der Waals surface area contributed by atoms with Crippen molar-refractivity contribution in [2.24, 2.45) is 0 Å². The van der Waals surface area contributed by atoms with E-state index in [1.807, 2.05) is 0 Å². The van der Waals surface area contributed by atoms with E-state index in [2.05, 4.69) is 0 Å². The Morgan fingerprint density at radius 3 is 1.00 bits per heavy atom. The summed E-state index contributed by atoms with van der Waals surface area (Å²) in [6.07, 6.45) is 0. The van der Waals surface area contributed by atoms with Crippen molar-refractivity contribution < 1.29 is 64.1 Å². The van der Waals surface area contributed by atoms with Crippen molar-refractivity contribution in [2.75, 3.05) is 0 Å². The van der Waals surface area contributed by atoms with Gasteiger partial charge in [0.1, 0.15) is 0 Å². The Kier molecular flexibility index (Phi) is 127. The molecule has 0 rings (SSSR count). The van der Waals surface area contributed by atoms with Gasteiger partial charge in [-0.2, -0.15) is 0 Å². The molecule has 4 heavy (non-hydrogen) atoms. The Labute approximate surface area is 85.9 Å². The molecule has 0 aliphatic heterocycles. The maximum Gasteiger partial charge on any atom is 2.00 e. The molecular weight excluding hydrogens is 269 g/mol. The zero-order valence-corrected chi connectivity index (χ0v) is 8.72. The maximum atomic E-state index is 0. The van der Waals surface area contributed by atoms with Gasteiger partial charge in [0.15, 0.2) is 0 Å². The standard InChI is InChI=1S/Mg.2Nb.Ni.2H/q+2;;;;2*-1. The van der Waals surface area contributed by atoms with Gasteiger partial charge in [0.05, 0.1) is 0 Å². The van der Waals surface area contributed by atoms with Gasteiger partial charge in [0, 0.05) is 61.3 Å². The predicted molar refractivity (Wildman–Crippen MR) is 7.98 cm³/mol. The Morgan fingerprint density at radius 1 is 1.00 bits per heavy atom. The van der Waals surface area contributed by atoms with Crippen LogP contribution in [0.4, 0.5) is 0 Å². The summed E-state index contributed by atoms with van der Waals surface area (Å²) >= 11 is 0. The second-order valence-corrected chi connectivity index (χ2v) is 0. The first-order chi connectivity index (χ1) is 0. The van der Waals surface area contributed by atoms with E-state index >= 15 is 0 Å². The molecule has 2 radical (unpaired) electrons. The second-order valence-electron chi connectivity index (χ2n) is 0. The third kappa shape index (κ3) is 8.83. The van der Waals surface area contributed by atoms with Crippen molar-refractivity contribution in [3.8, 4) is 0 Å². The van der Waals surface area contributed by atoms with Crippen LogP contribution in [0.25, 0.3) is 0 Å². The van der Waals surface area contributed by atoms with E-state index in [1.165, 1.54) is 0 Å². The van der Waals surface area contributed by atoms with E-state index < -0.39 is 0 Å². The van der Waals surface area contributed by atoms with Crippen LogP contribution in [0, 0.1) is 0 Å². The van der Waals surface area contributed by atoms with Crippen molar-refractivity contribution in [3.63, 3.8) is 0 Å². The topological polar surface area (TPSA) is 0 Å². The first kappa shape index (κ1) is 29.6. The summed E-state index contributed by atoms with van der Waals surface area (Å²) in [5.41, 5.74) is 0. The number of rotatable bonds is 0. The first-order valence-corrected chi connectivity index (χ1v) is 0. The van der Waals surface area contributed by atoms with Crippen LogP contribution in [-0.2, 0) is 61.3 Å². The number of hydrogen-bond acceptors (Lipinski definition) is 0. The molecule has 4 heteroatoms. The third-order valence-corrected chi connectivity index (χ3v) is 0. The molecular formula is H2MgNb2Ni. The monoisotopic (exact) mass is 270 g/mol. The minimum atomic E-state index is 0. The fourth-order valence-electron chi connectivity index (χ4n) is 0. The molecule has 0 N–H and O–H groups in total. The van der Waals surface area contributed by atoms with Crippen LogP contribution < -0.4 is 0 Å². The van der Waals surface area contributed by atoms with Crippen molar-refractivity contribution in [1.82, 2.24) is 0 Å². The van der Waals surface area contributed by atoms with Gasteiger partial charge in [-0.25, -0.2) is 0 Å². The molecule has 0 aromatic rings. The van der Waals surface area contributed by atoms with E-state index in [4.69, 9.17) is 0 Å². The van der Waals surface area contributed by atoms with Crippen LogP contribution in [0.3, 0.4) is 0 Å². The number of hydrogen-bond donors (Lipinski definition) is 0. The smallest absolute Gasteiger partial charge is 1.00 e. The molecule has 24 valence electrons. The molecule has 0 aliphatic carbocycles. The molecule has 0 saturated carbocycles. The summed E-state index contributed by atoms with van der Waals surface area (Å²) in [4.78, 5) is 0. The van der Waals surface area contributed by atoms with Crippen molar-refractivity contribution in [2.45, 2.75) is 0 Å². The van der Waals surface area contributed by atoms with Crippen LogP contribution in [-0.4, -0.2) is 23.1 Å². The molecule has 0 fully saturated rings. The molecule has 0 amide bonds. The molecule has 0 saturated heterocycles. The predicted octanol–water partition coefficient (Wildman–Crippen LogP) is -0.163. The van der Waals surface area contributed by atoms with Crippen molar-refractivity contribution in [1.29, 1.82) is 0 Å². The quantitative estimate of drug-likeness (QED) is 0.537. The van der Waals surface area contributed by atoms with Crippen LogP contribution >= 0.6 is 0 Å². The first-order valence-electron chi connectivity index (χ1n) is 0. The SMILES string of the molecule is [H-].[H-].[Mg+2].[Nb].[Nb].[Ni]. The van der Waals surface area contributed by atoms with Crippen LogP contribution in [0.15, 0.2) is 0 Å². The fourth-order valence-corrected chi connectivity index (χ4v) is 0. The Balaban J connectivity index is 0. The summed E-state index contributed by atoms with van der Waals surface area (Å²) in [6.45, 7) is 0. The van der Waals surface area contributed by atoms with Gasteiger partial charge in [0.2, 0.25) is 0 Å². The molecule has 0 aromatic heterocycles. The van der Waals surface area contributed by atoms with Gasteiger partial charge >= 0.3 is 23.1 Å². The minimum Gasteiger partial charge on any atom is -1.00 e. The average molecular weight is 271 g/mol. The molecule has 0 aromatic carbocycles. The van der Waals surface area contributed by atoms with E-state index in [0.29, 0.717) is 0 Å². The normalized spacial score (nSPS) is 0. The van der Waals surface area contributed by atoms with Gasteiger partial charge < -0.3 is 2.85 Å². The van der Waals surface area contributed by atoms with E-state index in [0.717, 1.165) is 0 Å². The summed E-state index contributed by atoms with van der Waals surface area (Å²) in [5, 5.41) is 0. The molecule has 0 heterocycles. The Hall–Kier alpha value is 2.74.